The fraction of sp³-hybridized carbons (Fsp3) is 0.200. The molecular formula is C15H17FN2. The third-order valence-corrected chi connectivity index (χ3v) is 2.93. The van der Waals surface area contributed by atoms with Gasteiger partial charge in [0, 0.05) is 6.54 Å². The zero-order valence-corrected chi connectivity index (χ0v) is 10.6. The molecule has 0 aliphatic heterocycles. The molecule has 2 aromatic rings. The molecule has 18 heavy (non-hydrogen) atoms. The minimum absolute atomic E-state index is 0.270. The van der Waals surface area contributed by atoms with Gasteiger partial charge < -0.3 is 11.1 Å². The van der Waals surface area contributed by atoms with E-state index in [0.717, 1.165) is 5.69 Å². The van der Waals surface area contributed by atoms with Crippen LogP contribution in [0, 0.1) is 19.7 Å². The molecule has 0 fully saturated rings. The minimum atomic E-state index is -0.270. The molecule has 3 heteroatoms. The summed E-state index contributed by atoms with van der Waals surface area (Å²) < 4.78 is 13.3. The lowest BCUT2D eigenvalue weighted by Crippen LogP contribution is -2.03. The van der Waals surface area contributed by atoms with Gasteiger partial charge >= 0.3 is 0 Å². The Morgan fingerprint density at radius 2 is 1.78 bits per heavy atom. The Hall–Kier alpha value is -2.03. The second-order valence-corrected chi connectivity index (χ2v) is 4.53. The molecule has 2 nitrogen and oxygen atoms in total. The first-order chi connectivity index (χ1) is 8.56. The molecule has 0 bridgehead atoms. The van der Waals surface area contributed by atoms with Gasteiger partial charge in [-0.3, -0.25) is 0 Å². The van der Waals surface area contributed by atoms with E-state index >= 15 is 0 Å². The van der Waals surface area contributed by atoms with Crippen molar-refractivity contribution in [3.8, 4) is 0 Å². The van der Waals surface area contributed by atoms with Crippen LogP contribution in [-0.4, -0.2) is 0 Å². The summed E-state index contributed by atoms with van der Waals surface area (Å²) in [6, 6.07) is 11.3. The number of nitrogen functional groups attached to an aromatic ring is 1. The highest BCUT2D eigenvalue weighted by atomic mass is 19.1. The van der Waals surface area contributed by atoms with Gasteiger partial charge in [-0.25, -0.2) is 4.39 Å². The van der Waals surface area contributed by atoms with Crippen molar-refractivity contribution in [2.24, 2.45) is 0 Å². The molecule has 0 radical (unpaired) electrons. The number of nitrogens with two attached hydrogens (primary N) is 1. The van der Waals surface area contributed by atoms with E-state index in [1.165, 1.54) is 17.2 Å². The summed E-state index contributed by atoms with van der Waals surface area (Å²) in [5.74, 6) is -0.270. The summed E-state index contributed by atoms with van der Waals surface area (Å²) in [6.45, 7) is 4.46. The summed E-state index contributed by atoms with van der Waals surface area (Å²) in [6.07, 6.45) is 0. The molecule has 2 aromatic carbocycles. The van der Waals surface area contributed by atoms with Gasteiger partial charge in [-0.2, -0.15) is 0 Å². The highest BCUT2D eigenvalue weighted by molar-refractivity contribution is 5.67. The second kappa shape index (κ2) is 5.08. The SMILES string of the molecule is Cc1ccc(CNc2cc(C)c(F)cc2N)cc1. The lowest BCUT2D eigenvalue weighted by Gasteiger charge is -2.11. The van der Waals surface area contributed by atoms with Crippen molar-refractivity contribution in [1.82, 2.24) is 0 Å². The predicted molar refractivity (Wildman–Crippen MR) is 74.1 cm³/mol. The highest BCUT2D eigenvalue weighted by Gasteiger charge is 2.04. The van der Waals surface area contributed by atoms with Crippen LogP contribution in [0.2, 0.25) is 0 Å². The molecule has 94 valence electrons. The van der Waals surface area contributed by atoms with E-state index in [2.05, 4.69) is 36.5 Å². The van der Waals surface area contributed by atoms with E-state index < -0.39 is 0 Å². The summed E-state index contributed by atoms with van der Waals surface area (Å²) >= 11 is 0. The molecule has 0 unspecified atom stereocenters. The molecule has 0 aliphatic carbocycles. The molecule has 0 saturated heterocycles. The summed E-state index contributed by atoms with van der Waals surface area (Å²) in [5.41, 5.74) is 9.98. The molecule has 0 atom stereocenters. The van der Waals surface area contributed by atoms with E-state index in [4.69, 9.17) is 5.73 Å². The van der Waals surface area contributed by atoms with E-state index in [1.54, 1.807) is 13.0 Å². The maximum absolute atomic E-state index is 13.3. The van der Waals surface area contributed by atoms with Gasteiger partial charge in [0.05, 0.1) is 11.4 Å². The topological polar surface area (TPSA) is 38.0 Å². The zero-order valence-electron chi connectivity index (χ0n) is 10.6. The number of anilines is 2. The van der Waals surface area contributed by atoms with Gasteiger partial charge in [0.25, 0.3) is 0 Å². The number of benzene rings is 2. The number of rotatable bonds is 3. The number of hydrogen-bond donors (Lipinski definition) is 2. The Kier molecular flexibility index (Phi) is 3.51. The molecule has 0 aliphatic rings. The van der Waals surface area contributed by atoms with Crippen molar-refractivity contribution in [3.05, 3.63) is 58.9 Å². The average Bonchev–Trinajstić information content (AvgIpc) is 2.34. The lowest BCUT2D eigenvalue weighted by molar-refractivity contribution is 0.619. The van der Waals surface area contributed by atoms with Crippen LogP contribution < -0.4 is 11.1 Å². The second-order valence-electron chi connectivity index (χ2n) is 4.53. The van der Waals surface area contributed by atoms with Crippen LogP contribution in [0.3, 0.4) is 0 Å². The first-order valence-corrected chi connectivity index (χ1v) is 5.91. The smallest absolute Gasteiger partial charge is 0.128 e. The maximum atomic E-state index is 13.3. The average molecular weight is 244 g/mol. The molecule has 0 aromatic heterocycles. The van der Waals surface area contributed by atoms with E-state index in [1.807, 2.05) is 0 Å². The third kappa shape index (κ3) is 2.80. The Bertz CT molecular complexity index is 547. The van der Waals surface area contributed by atoms with E-state index in [0.29, 0.717) is 17.8 Å². The van der Waals surface area contributed by atoms with Crippen LogP contribution in [-0.2, 0) is 6.54 Å². The highest BCUT2D eigenvalue weighted by Crippen LogP contribution is 2.23. The van der Waals surface area contributed by atoms with E-state index in [-0.39, 0.29) is 5.82 Å². The number of hydrogen-bond acceptors (Lipinski definition) is 2. The quantitative estimate of drug-likeness (QED) is 0.809. The van der Waals surface area contributed by atoms with Gasteiger partial charge in [0.1, 0.15) is 5.82 Å². The van der Waals surface area contributed by atoms with Crippen molar-refractivity contribution >= 4 is 11.4 Å². The molecule has 0 amide bonds. The van der Waals surface area contributed by atoms with Crippen molar-refractivity contribution in [2.45, 2.75) is 20.4 Å². The Morgan fingerprint density at radius 3 is 2.44 bits per heavy atom. The maximum Gasteiger partial charge on any atom is 0.128 e. The molecule has 0 spiro atoms. The van der Waals surface area contributed by atoms with Crippen LogP contribution in [0.25, 0.3) is 0 Å². The zero-order chi connectivity index (χ0) is 13.1. The summed E-state index contributed by atoms with van der Waals surface area (Å²) in [4.78, 5) is 0. The Labute approximate surface area is 107 Å². The first kappa shape index (κ1) is 12.4. The summed E-state index contributed by atoms with van der Waals surface area (Å²) in [7, 11) is 0. The predicted octanol–water partition coefficient (Wildman–Crippen LogP) is 3.64. The van der Waals surface area contributed by atoms with Crippen LogP contribution in [0.1, 0.15) is 16.7 Å². The van der Waals surface area contributed by atoms with Crippen LogP contribution in [0.4, 0.5) is 15.8 Å². The first-order valence-electron chi connectivity index (χ1n) is 5.91. The lowest BCUT2D eigenvalue weighted by atomic mass is 10.1. The van der Waals surface area contributed by atoms with Gasteiger partial charge in [-0.15, -0.1) is 0 Å². The van der Waals surface area contributed by atoms with Gasteiger partial charge in [0.2, 0.25) is 0 Å². The number of aryl methyl sites for hydroxylation is 2. The molecule has 2 rings (SSSR count). The molecule has 3 N–H and O–H groups in total. The van der Waals surface area contributed by atoms with Gasteiger partial charge in [0.15, 0.2) is 0 Å². The Balaban J connectivity index is 2.10. The largest absolute Gasteiger partial charge is 0.397 e. The van der Waals surface area contributed by atoms with Crippen molar-refractivity contribution < 1.29 is 4.39 Å². The normalized spacial score (nSPS) is 10.4. The molecular weight excluding hydrogens is 227 g/mol. The van der Waals surface area contributed by atoms with Crippen LogP contribution >= 0.6 is 0 Å². The fourth-order valence-electron chi connectivity index (χ4n) is 1.75. The van der Waals surface area contributed by atoms with Crippen molar-refractivity contribution in [3.63, 3.8) is 0 Å². The van der Waals surface area contributed by atoms with Gasteiger partial charge in [-0.05, 0) is 37.1 Å². The molecule has 0 saturated carbocycles. The molecule has 0 heterocycles. The fourth-order valence-corrected chi connectivity index (χ4v) is 1.75. The number of nitrogens with one attached hydrogen (secondary N) is 1. The van der Waals surface area contributed by atoms with E-state index in [9.17, 15) is 4.39 Å². The summed E-state index contributed by atoms with van der Waals surface area (Å²) in [5, 5.41) is 3.23. The minimum Gasteiger partial charge on any atom is -0.397 e. The number of halogens is 1. The third-order valence-electron chi connectivity index (χ3n) is 2.93. The van der Waals surface area contributed by atoms with Crippen molar-refractivity contribution in [1.29, 1.82) is 0 Å². The van der Waals surface area contributed by atoms with Gasteiger partial charge in [-0.1, -0.05) is 29.8 Å². The van der Waals surface area contributed by atoms with Crippen LogP contribution in [0.5, 0.6) is 0 Å². The van der Waals surface area contributed by atoms with Crippen LogP contribution in [0.15, 0.2) is 36.4 Å². The Morgan fingerprint density at radius 1 is 1.11 bits per heavy atom. The van der Waals surface area contributed by atoms with Crippen molar-refractivity contribution in [2.75, 3.05) is 11.1 Å². The standard InChI is InChI=1S/C15H17FN2/c1-10-3-5-12(6-4-10)9-18-15-7-11(2)13(16)8-14(15)17/h3-8,18H,9,17H2,1-2H3. The monoisotopic (exact) mass is 244 g/mol.